The Bertz CT molecular complexity index is 1330. The van der Waals surface area contributed by atoms with Crippen LogP contribution in [0.3, 0.4) is 0 Å². The van der Waals surface area contributed by atoms with E-state index in [-0.39, 0.29) is 10.5 Å². The summed E-state index contributed by atoms with van der Waals surface area (Å²) in [7, 11) is -3.84. The van der Waals surface area contributed by atoms with Crippen molar-refractivity contribution in [1.82, 2.24) is 4.98 Å². The number of sulfonamides is 1. The molecule has 0 spiro atoms. The zero-order valence-corrected chi connectivity index (χ0v) is 18.0. The average molecular weight is 438 g/mol. The highest BCUT2D eigenvalue weighted by molar-refractivity contribution is 7.92. The Morgan fingerprint density at radius 2 is 1.67 bits per heavy atom. The molecular formula is C22H19N3O3S2. The molecule has 6 nitrogen and oxygen atoms in total. The number of fused-ring (bicyclic) bond motifs is 1. The zero-order chi connectivity index (χ0) is 21.3. The largest absolute Gasteiger partial charge is 0.298 e. The Hall–Kier alpha value is -3.23. The van der Waals surface area contributed by atoms with Crippen molar-refractivity contribution in [2.24, 2.45) is 0 Å². The molecule has 1 heterocycles. The van der Waals surface area contributed by atoms with Gasteiger partial charge in [0.05, 0.1) is 20.8 Å². The zero-order valence-electron chi connectivity index (χ0n) is 16.3. The Morgan fingerprint density at radius 3 is 2.43 bits per heavy atom. The van der Waals surface area contributed by atoms with Crippen LogP contribution in [0.1, 0.15) is 21.5 Å². The minimum Gasteiger partial charge on any atom is -0.298 e. The molecule has 3 aromatic carbocycles. The molecule has 0 aliphatic heterocycles. The van der Waals surface area contributed by atoms with Gasteiger partial charge in [0.2, 0.25) is 0 Å². The molecule has 0 saturated carbocycles. The smallest absolute Gasteiger partial charge is 0.261 e. The van der Waals surface area contributed by atoms with Crippen molar-refractivity contribution in [1.29, 1.82) is 0 Å². The molecule has 1 amide bonds. The first-order valence-electron chi connectivity index (χ1n) is 9.19. The lowest BCUT2D eigenvalue weighted by molar-refractivity contribution is 0.102. The van der Waals surface area contributed by atoms with E-state index in [4.69, 9.17) is 0 Å². The summed E-state index contributed by atoms with van der Waals surface area (Å²) in [6.07, 6.45) is 0. The van der Waals surface area contributed by atoms with Crippen molar-refractivity contribution < 1.29 is 13.2 Å². The quantitative estimate of drug-likeness (QED) is 0.462. The number of para-hydroxylation sites is 2. The Balaban J connectivity index is 1.62. The number of carbonyl (C=O) groups is 1. The van der Waals surface area contributed by atoms with E-state index in [0.29, 0.717) is 16.4 Å². The number of aromatic nitrogens is 1. The molecule has 0 aliphatic rings. The number of nitrogens with zero attached hydrogens (tertiary/aromatic N) is 1. The molecule has 0 fully saturated rings. The lowest BCUT2D eigenvalue weighted by Crippen LogP contribution is -2.17. The molecular weight excluding hydrogens is 418 g/mol. The molecule has 0 atom stereocenters. The number of anilines is 2. The highest BCUT2D eigenvalue weighted by Gasteiger charge is 2.19. The minimum absolute atomic E-state index is 0.0193. The van der Waals surface area contributed by atoms with Crippen molar-refractivity contribution in [2.45, 2.75) is 18.7 Å². The average Bonchev–Trinajstić information content (AvgIpc) is 3.12. The normalized spacial score (nSPS) is 11.4. The van der Waals surface area contributed by atoms with Crippen LogP contribution in [0.5, 0.6) is 0 Å². The van der Waals surface area contributed by atoms with Crippen molar-refractivity contribution >= 4 is 48.3 Å². The van der Waals surface area contributed by atoms with E-state index >= 15 is 0 Å². The van der Waals surface area contributed by atoms with E-state index in [1.54, 1.807) is 25.1 Å². The van der Waals surface area contributed by atoms with Crippen LogP contribution in [0.15, 0.2) is 71.6 Å². The summed E-state index contributed by atoms with van der Waals surface area (Å²) in [6, 6.07) is 19.2. The van der Waals surface area contributed by atoms with E-state index < -0.39 is 15.9 Å². The van der Waals surface area contributed by atoms with Crippen LogP contribution in [0.25, 0.3) is 10.2 Å². The number of aryl methyl sites for hydroxylation is 2. The topological polar surface area (TPSA) is 88.2 Å². The van der Waals surface area contributed by atoms with E-state index in [1.165, 1.54) is 23.5 Å². The fourth-order valence-electron chi connectivity index (χ4n) is 2.99. The van der Waals surface area contributed by atoms with E-state index in [0.717, 1.165) is 15.8 Å². The summed E-state index contributed by atoms with van der Waals surface area (Å²) < 4.78 is 29.3. The molecule has 0 radical (unpaired) electrons. The molecule has 0 bridgehead atoms. The van der Waals surface area contributed by atoms with Crippen LogP contribution >= 0.6 is 11.3 Å². The van der Waals surface area contributed by atoms with Gasteiger partial charge < -0.3 is 0 Å². The van der Waals surface area contributed by atoms with Crippen LogP contribution in [0, 0.1) is 13.8 Å². The number of rotatable bonds is 5. The summed E-state index contributed by atoms with van der Waals surface area (Å²) in [6.45, 7) is 3.59. The maximum absolute atomic E-state index is 12.9. The van der Waals surface area contributed by atoms with Crippen molar-refractivity contribution in [3.05, 3.63) is 83.4 Å². The Morgan fingerprint density at radius 1 is 0.933 bits per heavy atom. The molecule has 152 valence electrons. The number of nitrogens with one attached hydrogen (secondary N) is 2. The van der Waals surface area contributed by atoms with Crippen molar-refractivity contribution in [3.8, 4) is 0 Å². The summed E-state index contributed by atoms with van der Waals surface area (Å²) in [5.74, 6) is -0.403. The van der Waals surface area contributed by atoms with Gasteiger partial charge in [0, 0.05) is 5.56 Å². The first-order valence-corrected chi connectivity index (χ1v) is 11.5. The summed E-state index contributed by atoms with van der Waals surface area (Å²) in [4.78, 5) is 17.3. The Kier molecular flexibility index (Phi) is 5.27. The number of carbonyl (C=O) groups excluding carboxylic acids is 1. The van der Waals surface area contributed by atoms with Crippen molar-refractivity contribution in [2.75, 3.05) is 10.0 Å². The molecule has 1 aromatic heterocycles. The molecule has 8 heteroatoms. The van der Waals surface area contributed by atoms with Crippen molar-refractivity contribution in [3.63, 3.8) is 0 Å². The van der Waals surface area contributed by atoms with Crippen LogP contribution in [-0.2, 0) is 10.0 Å². The van der Waals surface area contributed by atoms with Gasteiger partial charge in [0.1, 0.15) is 0 Å². The SMILES string of the molecule is Cc1ccccc1NS(=O)(=O)c1ccc(C)c(C(=O)Nc2nc3ccccc3s2)c1. The van der Waals surface area contributed by atoms with Gasteiger partial charge in [-0.15, -0.1) is 0 Å². The van der Waals surface area contributed by atoms with Gasteiger partial charge in [-0.3, -0.25) is 14.8 Å². The molecule has 30 heavy (non-hydrogen) atoms. The summed E-state index contributed by atoms with van der Waals surface area (Å²) in [5, 5.41) is 3.24. The molecule has 4 aromatic rings. The first-order chi connectivity index (χ1) is 14.3. The van der Waals surface area contributed by atoms with Gasteiger partial charge in [0.15, 0.2) is 5.13 Å². The number of amides is 1. The van der Waals surface area contributed by atoms with Gasteiger partial charge >= 0.3 is 0 Å². The molecule has 0 aliphatic carbocycles. The second kappa shape index (κ2) is 7.89. The van der Waals surface area contributed by atoms with Gasteiger partial charge in [-0.25, -0.2) is 13.4 Å². The standard InChI is InChI=1S/C22H19N3O3S2/c1-14-11-12-16(30(27,28)25-18-8-4-3-7-15(18)2)13-17(14)21(26)24-22-23-19-9-5-6-10-20(19)29-22/h3-13,25H,1-2H3,(H,23,24,26). The lowest BCUT2D eigenvalue weighted by Gasteiger charge is -2.12. The fraction of sp³-hybridized carbons (Fsp3) is 0.0909. The second-order valence-corrected chi connectivity index (χ2v) is 9.55. The summed E-state index contributed by atoms with van der Waals surface area (Å²) >= 11 is 1.37. The molecule has 4 rings (SSSR count). The van der Waals surface area contributed by atoms with E-state index in [1.807, 2.05) is 43.3 Å². The third-order valence-corrected chi connectivity index (χ3v) is 6.98. The van der Waals surface area contributed by atoms with Gasteiger partial charge in [-0.05, 0) is 55.3 Å². The fourth-order valence-corrected chi connectivity index (χ4v) is 5.01. The van der Waals surface area contributed by atoms with Crippen LogP contribution < -0.4 is 10.0 Å². The summed E-state index contributed by atoms with van der Waals surface area (Å²) in [5.41, 5.74) is 3.05. The maximum Gasteiger partial charge on any atom is 0.261 e. The number of benzene rings is 3. The lowest BCUT2D eigenvalue weighted by atomic mass is 10.1. The highest BCUT2D eigenvalue weighted by Crippen LogP contribution is 2.27. The predicted molar refractivity (Wildman–Crippen MR) is 121 cm³/mol. The third-order valence-electron chi connectivity index (χ3n) is 4.67. The van der Waals surface area contributed by atoms with Crippen LogP contribution in [0.4, 0.5) is 10.8 Å². The van der Waals surface area contributed by atoms with Gasteiger partial charge in [0.25, 0.3) is 15.9 Å². The highest BCUT2D eigenvalue weighted by atomic mass is 32.2. The van der Waals surface area contributed by atoms with Crippen LogP contribution in [0.2, 0.25) is 0 Å². The molecule has 2 N–H and O–H groups in total. The second-order valence-electron chi connectivity index (χ2n) is 6.84. The minimum atomic E-state index is -3.84. The number of hydrogen-bond donors (Lipinski definition) is 2. The Labute approximate surface area is 178 Å². The molecule has 0 unspecified atom stereocenters. The van der Waals surface area contributed by atoms with Gasteiger partial charge in [-0.2, -0.15) is 0 Å². The number of thiazole rings is 1. The molecule has 0 saturated heterocycles. The monoisotopic (exact) mass is 437 g/mol. The van der Waals surface area contributed by atoms with E-state index in [2.05, 4.69) is 15.0 Å². The first kappa shape index (κ1) is 20.1. The van der Waals surface area contributed by atoms with E-state index in [9.17, 15) is 13.2 Å². The maximum atomic E-state index is 12.9. The predicted octanol–water partition coefficient (Wildman–Crippen LogP) is 4.97. The van der Waals surface area contributed by atoms with Gasteiger partial charge in [-0.1, -0.05) is 47.7 Å². The third kappa shape index (κ3) is 4.05. The van der Waals surface area contributed by atoms with Crippen LogP contribution in [-0.4, -0.2) is 19.3 Å². The number of hydrogen-bond acceptors (Lipinski definition) is 5.